The molecule has 1 heterocycles. The number of hydrogen-bond acceptors (Lipinski definition) is 4. The van der Waals surface area contributed by atoms with Gasteiger partial charge >= 0.3 is 6.18 Å². The first-order chi connectivity index (χ1) is 10.2. The molecule has 0 saturated carbocycles. The smallest absolute Gasteiger partial charge is 0.322 e. The maximum absolute atomic E-state index is 12.6. The highest BCUT2D eigenvalue weighted by Crippen LogP contribution is 2.31. The summed E-state index contributed by atoms with van der Waals surface area (Å²) in [6.45, 7) is 1.56. The van der Waals surface area contributed by atoms with Crippen LogP contribution in [0.1, 0.15) is 20.8 Å². The van der Waals surface area contributed by atoms with Crippen molar-refractivity contribution in [2.24, 2.45) is 0 Å². The largest absolute Gasteiger partial charge is 0.416 e. The molecule has 4 nitrogen and oxygen atoms in total. The van der Waals surface area contributed by atoms with Crippen LogP contribution in [0.25, 0.3) is 0 Å². The molecule has 0 unspecified atom stereocenters. The third kappa shape index (κ3) is 3.66. The first-order valence-electron chi connectivity index (χ1n) is 5.92. The fraction of sp³-hybridized carbons (Fsp3) is 0.154. The van der Waals surface area contributed by atoms with E-state index in [4.69, 9.17) is 0 Å². The van der Waals surface area contributed by atoms with Gasteiger partial charge in [0.1, 0.15) is 4.21 Å². The molecule has 1 aromatic carbocycles. The number of aryl methyl sites for hydroxylation is 1. The van der Waals surface area contributed by atoms with Crippen molar-refractivity contribution in [2.45, 2.75) is 17.3 Å². The number of amides is 1. The molecule has 1 amide bonds. The Kier molecular flexibility index (Phi) is 4.57. The Morgan fingerprint density at radius 1 is 1.23 bits per heavy atom. The van der Waals surface area contributed by atoms with E-state index in [0.29, 0.717) is 4.88 Å². The molecule has 2 rings (SSSR count). The molecule has 1 N–H and O–H groups in total. The Balaban J connectivity index is 2.26. The van der Waals surface area contributed by atoms with Crippen molar-refractivity contribution >= 4 is 33.6 Å². The highest BCUT2D eigenvalue weighted by Gasteiger charge is 2.30. The van der Waals surface area contributed by atoms with Gasteiger partial charge in [0.25, 0.3) is 5.91 Å². The second kappa shape index (κ2) is 6.09. The number of halogens is 3. The number of carbonyl (C=O) groups excluding carboxylic acids is 1. The normalized spacial score (nSPS) is 11.7. The average molecular weight is 349 g/mol. The van der Waals surface area contributed by atoms with Crippen LogP contribution in [-0.2, 0) is 16.9 Å². The van der Waals surface area contributed by atoms with Crippen molar-refractivity contribution in [3.05, 3.63) is 46.3 Å². The van der Waals surface area contributed by atoms with Crippen LogP contribution in [0.2, 0.25) is 0 Å². The van der Waals surface area contributed by atoms with Gasteiger partial charge in [0, 0.05) is 10.6 Å². The predicted octanol–water partition coefficient (Wildman–Crippen LogP) is 3.30. The summed E-state index contributed by atoms with van der Waals surface area (Å²) in [4.78, 5) is 12.5. The van der Waals surface area contributed by atoms with Gasteiger partial charge in [-0.1, -0.05) is 6.07 Å². The van der Waals surface area contributed by atoms with Crippen LogP contribution in [0, 0.1) is 6.92 Å². The number of nitrogens with one attached hydrogen (secondary N) is 1. The van der Waals surface area contributed by atoms with Crippen LogP contribution in [0.3, 0.4) is 0 Å². The molecule has 0 aliphatic rings. The molecule has 0 fully saturated rings. The second-order valence-corrected chi connectivity index (χ2v) is 6.90. The minimum atomic E-state index is -4.51. The van der Waals surface area contributed by atoms with Crippen molar-refractivity contribution in [3.8, 4) is 0 Å². The van der Waals surface area contributed by atoms with E-state index in [1.807, 2.05) is 0 Å². The van der Waals surface area contributed by atoms with Gasteiger partial charge in [0.15, 0.2) is 10.7 Å². The molecule has 1 aromatic heterocycles. The van der Waals surface area contributed by atoms with Crippen LogP contribution in [0.5, 0.6) is 0 Å². The topological polar surface area (TPSA) is 63.2 Å². The zero-order valence-electron chi connectivity index (χ0n) is 11.1. The molecule has 0 saturated heterocycles. The number of hydrogen-bond donors (Lipinski definition) is 2. The van der Waals surface area contributed by atoms with Crippen molar-refractivity contribution < 1.29 is 26.4 Å². The van der Waals surface area contributed by atoms with Gasteiger partial charge < -0.3 is 5.32 Å². The van der Waals surface area contributed by atoms with Gasteiger partial charge in [-0.3, -0.25) is 4.79 Å². The first kappa shape index (κ1) is 16.5. The third-order valence-electron chi connectivity index (χ3n) is 2.78. The van der Waals surface area contributed by atoms with Gasteiger partial charge in [-0.05, 0) is 31.2 Å². The minimum absolute atomic E-state index is 0.0153. The first-order valence-corrected chi connectivity index (χ1v) is 7.91. The van der Waals surface area contributed by atoms with Crippen molar-refractivity contribution in [1.29, 1.82) is 0 Å². The Bertz CT molecular complexity index is 786. The number of anilines is 1. The van der Waals surface area contributed by atoms with Gasteiger partial charge in [-0.2, -0.15) is 13.2 Å². The molecule has 0 aliphatic heterocycles. The lowest BCUT2D eigenvalue weighted by atomic mass is 10.2. The lowest BCUT2D eigenvalue weighted by Crippen LogP contribution is -2.13. The molecule has 118 valence electrons. The number of rotatable bonds is 3. The van der Waals surface area contributed by atoms with Crippen molar-refractivity contribution in [1.82, 2.24) is 0 Å². The van der Waals surface area contributed by atoms with E-state index >= 15 is 0 Å². The Labute approximate surface area is 129 Å². The summed E-state index contributed by atoms with van der Waals surface area (Å²) in [7, 11) is -2.81. The van der Waals surface area contributed by atoms with E-state index in [0.717, 1.165) is 23.5 Å². The van der Waals surface area contributed by atoms with Gasteiger partial charge in [-0.25, -0.2) is 8.42 Å². The molecule has 0 atom stereocenters. The lowest BCUT2D eigenvalue weighted by molar-refractivity contribution is -0.137. The Morgan fingerprint density at radius 2 is 1.91 bits per heavy atom. The molecule has 0 aliphatic carbocycles. The standard InChI is InChI=1S/C13H10F3NO3S2/c1-7-10(6-11(21-7)22(19)20)12(18)17-9-4-2-3-8(5-9)13(14,15)16/h2-6,22H,1H3,(H,17,18). The summed E-state index contributed by atoms with van der Waals surface area (Å²) < 4.78 is 59.6. The molecular formula is C13H10F3NO3S2. The maximum Gasteiger partial charge on any atom is 0.416 e. The molecular weight excluding hydrogens is 339 g/mol. The highest BCUT2D eigenvalue weighted by atomic mass is 32.2. The summed E-state index contributed by atoms with van der Waals surface area (Å²) in [5.74, 6) is -0.656. The minimum Gasteiger partial charge on any atom is -0.322 e. The zero-order valence-corrected chi connectivity index (χ0v) is 12.8. The fourth-order valence-corrected chi connectivity index (χ4v) is 3.45. The summed E-state index contributed by atoms with van der Waals surface area (Å²) in [6.07, 6.45) is -4.51. The number of thiophene rings is 1. The third-order valence-corrected chi connectivity index (χ3v) is 4.84. The molecule has 22 heavy (non-hydrogen) atoms. The van der Waals surface area contributed by atoms with Crippen LogP contribution < -0.4 is 5.32 Å². The summed E-state index contributed by atoms with van der Waals surface area (Å²) in [5.41, 5.74) is -0.772. The van der Waals surface area contributed by atoms with Crippen molar-refractivity contribution in [2.75, 3.05) is 5.32 Å². The maximum atomic E-state index is 12.6. The molecule has 0 bridgehead atoms. The van der Waals surface area contributed by atoms with Gasteiger partial charge in [0.05, 0.1) is 11.1 Å². The van der Waals surface area contributed by atoms with E-state index in [2.05, 4.69) is 5.32 Å². The van der Waals surface area contributed by atoms with Crippen LogP contribution in [0.15, 0.2) is 34.5 Å². The number of benzene rings is 1. The van der Waals surface area contributed by atoms with E-state index in [9.17, 15) is 26.4 Å². The molecule has 2 aromatic rings. The molecule has 9 heteroatoms. The summed E-state index contributed by atoms with van der Waals surface area (Å²) >= 11 is 0.932. The number of alkyl halides is 3. The number of thiol groups is 1. The molecule has 0 spiro atoms. The van der Waals surface area contributed by atoms with E-state index in [-0.39, 0.29) is 15.5 Å². The van der Waals surface area contributed by atoms with Crippen LogP contribution in [-0.4, -0.2) is 14.3 Å². The number of carbonyl (C=O) groups is 1. The van der Waals surface area contributed by atoms with E-state index in [1.54, 1.807) is 6.92 Å². The van der Waals surface area contributed by atoms with Crippen LogP contribution in [0.4, 0.5) is 18.9 Å². The zero-order chi connectivity index (χ0) is 16.5. The lowest BCUT2D eigenvalue weighted by Gasteiger charge is -2.09. The average Bonchev–Trinajstić information content (AvgIpc) is 2.80. The highest BCUT2D eigenvalue weighted by molar-refractivity contribution is 7.75. The SMILES string of the molecule is Cc1sc([SH](=O)=O)cc1C(=O)Nc1cccc(C(F)(F)F)c1. The fourth-order valence-electron chi connectivity index (χ4n) is 1.75. The van der Waals surface area contributed by atoms with Crippen LogP contribution >= 0.6 is 11.3 Å². The van der Waals surface area contributed by atoms with Gasteiger partial charge in [-0.15, -0.1) is 11.3 Å². The predicted molar refractivity (Wildman–Crippen MR) is 77.0 cm³/mol. The van der Waals surface area contributed by atoms with Gasteiger partial charge in [0.2, 0.25) is 0 Å². The van der Waals surface area contributed by atoms with E-state index in [1.165, 1.54) is 18.2 Å². The molecule has 0 radical (unpaired) electrons. The van der Waals surface area contributed by atoms with E-state index < -0.39 is 28.4 Å². The monoisotopic (exact) mass is 349 g/mol. The summed E-state index contributed by atoms with van der Waals surface area (Å²) in [6, 6.07) is 5.41. The Hall–Kier alpha value is -1.87. The second-order valence-electron chi connectivity index (χ2n) is 4.34. The summed E-state index contributed by atoms with van der Waals surface area (Å²) in [5, 5.41) is 2.33. The Morgan fingerprint density at radius 3 is 2.45 bits per heavy atom. The quantitative estimate of drug-likeness (QED) is 0.836. The van der Waals surface area contributed by atoms with Crippen molar-refractivity contribution in [3.63, 3.8) is 0 Å².